The van der Waals surface area contributed by atoms with Crippen LogP contribution in [0.2, 0.25) is 0 Å². The molecule has 2 nitrogen and oxygen atoms in total. The van der Waals surface area contributed by atoms with E-state index in [1.165, 1.54) is 128 Å². The molecule has 2 radical (unpaired) electrons. The zero-order valence-corrected chi connectivity index (χ0v) is 20.1. The summed E-state index contributed by atoms with van der Waals surface area (Å²) in [5, 5.41) is 0. The molecule has 2 aliphatic carbocycles. The molecule has 0 aliphatic heterocycles. The summed E-state index contributed by atoms with van der Waals surface area (Å²) < 4.78 is 12.2. The van der Waals surface area contributed by atoms with E-state index in [9.17, 15) is 0 Å². The Labute approximate surface area is 189 Å². The van der Waals surface area contributed by atoms with E-state index in [2.05, 4.69) is 13.3 Å². The van der Waals surface area contributed by atoms with Crippen molar-refractivity contribution in [3.8, 4) is 0 Å². The summed E-state index contributed by atoms with van der Waals surface area (Å²) >= 11 is 0. The molecule has 2 heteroatoms. The van der Waals surface area contributed by atoms with Gasteiger partial charge in [0.15, 0.2) is 0 Å². The predicted molar refractivity (Wildman–Crippen MR) is 130 cm³/mol. The largest absolute Gasteiger partial charge is 0.378 e. The lowest BCUT2D eigenvalue weighted by atomic mass is 10.0. The van der Waals surface area contributed by atoms with Gasteiger partial charge in [0, 0.05) is 13.2 Å². The van der Waals surface area contributed by atoms with Crippen molar-refractivity contribution in [1.82, 2.24) is 0 Å². The quantitative estimate of drug-likeness (QED) is 0.183. The fraction of sp³-hybridized carbons (Fsp3) is 0.929. The van der Waals surface area contributed by atoms with Crippen molar-refractivity contribution < 1.29 is 9.47 Å². The molecule has 2 fully saturated rings. The average Bonchev–Trinajstić information content (AvgIpc) is 3.43. The fourth-order valence-electron chi connectivity index (χ4n) is 5.19. The highest BCUT2D eigenvalue weighted by Crippen LogP contribution is 2.31. The monoisotopic (exact) mass is 420 g/mol. The molecule has 3 unspecified atom stereocenters. The molecule has 30 heavy (non-hydrogen) atoms. The summed E-state index contributed by atoms with van der Waals surface area (Å²) in [5.74, 6) is 0.842. The molecule has 2 rings (SSSR count). The molecule has 2 aliphatic rings. The Balaban J connectivity index is 1.26. The molecular formula is C28H52O2. The summed E-state index contributed by atoms with van der Waals surface area (Å²) in [6.45, 7) is 5.86. The van der Waals surface area contributed by atoms with Crippen LogP contribution in [0.15, 0.2) is 0 Å². The maximum absolute atomic E-state index is 6.17. The molecule has 0 spiro atoms. The maximum Gasteiger partial charge on any atom is 0.0578 e. The van der Waals surface area contributed by atoms with E-state index in [0.29, 0.717) is 12.2 Å². The lowest BCUT2D eigenvalue weighted by molar-refractivity contribution is 0.0408. The van der Waals surface area contributed by atoms with Crippen LogP contribution in [0, 0.1) is 19.3 Å². The number of ether oxygens (including phenoxy) is 2. The van der Waals surface area contributed by atoms with Gasteiger partial charge in [0.1, 0.15) is 0 Å². The Morgan fingerprint density at radius 3 is 1.83 bits per heavy atom. The maximum atomic E-state index is 6.17. The van der Waals surface area contributed by atoms with Crippen LogP contribution in [0.4, 0.5) is 0 Å². The van der Waals surface area contributed by atoms with Crippen LogP contribution >= 0.6 is 0 Å². The first-order valence-corrected chi connectivity index (χ1v) is 13.7. The van der Waals surface area contributed by atoms with E-state index in [4.69, 9.17) is 9.47 Å². The smallest absolute Gasteiger partial charge is 0.0578 e. The average molecular weight is 421 g/mol. The molecule has 0 heterocycles. The van der Waals surface area contributed by atoms with Gasteiger partial charge in [-0.05, 0) is 63.7 Å². The van der Waals surface area contributed by atoms with E-state index >= 15 is 0 Å². The van der Waals surface area contributed by atoms with Crippen molar-refractivity contribution in [3.05, 3.63) is 13.3 Å². The van der Waals surface area contributed by atoms with Crippen molar-refractivity contribution >= 4 is 0 Å². The van der Waals surface area contributed by atoms with Gasteiger partial charge < -0.3 is 9.47 Å². The predicted octanol–water partition coefficient (Wildman–Crippen LogP) is 8.63. The zero-order chi connectivity index (χ0) is 21.1. The second kappa shape index (κ2) is 18.5. The number of hydrogen-bond acceptors (Lipinski definition) is 2. The Hall–Kier alpha value is -0.0800. The van der Waals surface area contributed by atoms with Gasteiger partial charge >= 0.3 is 0 Å². The van der Waals surface area contributed by atoms with Crippen LogP contribution in [0.3, 0.4) is 0 Å². The molecule has 0 aromatic heterocycles. The summed E-state index contributed by atoms with van der Waals surface area (Å²) in [5.41, 5.74) is 0. The van der Waals surface area contributed by atoms with Gasteiger partial charge in [-0.2, -0.15) is 0 Å². The van der Waals surface area contributed by atoms with Crippen LogP contribution in [-0.2, 0) is 9.47 Å². The SMILES string of the molecule is [CH2]CCCCCCCCCCCCCCCOC1CCC(CCOC2C[CH]CC2)C1. The standard InChI is InChI=1S/C28H52O2/c1-2-3-4-5-6-7-8-9-10-11-12-13-14-17-23-29-28-21-20-26(25-28)22-24-30-27-18-15-16-19-27/h15,26-28H,1-14,16-25H2. The second-order valence-corrected chi connectivity index (χ2v) is 10.0. The number of unbranched alkanes of at least 4 members (excludes halogenated alkanes) is 13. The number of hydrogen-bond donors (Lipinski definition) is 0. The molecule has 3 atom stereocenters. The first-order valence-electron chi connectivity index (χ1n) is 13.7. The van der Waals surface area contributed by atoms with Gasteiger partial charge in [0.05, 0.1) is 12.2 Å². The van der Waals surface area contributed by atoms with Gasteiger partial charge in [-0.15, -0.1) is 0 Å². The Bertz CT molecular complexity index is 364. The van der Waals surface area contributed by atoms with Crippen molar-refractivity contribution in [2.75, 3.05) is 13.2 Å². The van der Waals surface area contributed by atoms with Crippen molar-refractivity contribution in [2.45, 2.75) is 147 Å². The minimum atomic E-state index is 0.525. The highest BCUT2D eigenvalue weighted by Gasteiger charge is 2.25. The fourth-order valence-corrected chi connectivity index (χ4v) is 5.19. The Morgan fingerprint density at radius 1 is 0.633 bits per heavy atom. The Kier molecular flexibility index (Phi) is 16.1. The molecule has 0 aromatic rings. The van der Waals surface area contributed by atoms with Crippen LogP contribution in [0.25, 0.3) is 0 Å². The normalized spacial score (nSPS) is 22.3. The third-order valence-corrected chi connectivity index (χ3v) is 7.24. The second-order valence-electron chi connectivity index (χ2n) is 10.0. The highest BCUT2D eigenvalue weighted by atomic mass is 16.5. The van der Waals surface area contributed by atoms with E-state index < -0.39 is 0 Å². The van der Waals surface area contributed by atoms with E-state index in [-0.39, 0.29) is 0 Å². The molecule has 2 saturated carbocycles. The first kappa shape index (κ1) is 26.2. The number of rotatable bonds is 20. The van der Waals surface area contributed by atoms with Gasteiger partial charge in [0.2, 0.25) is 0 Å². The van der Waals surface area contributed by atoms with Gasteiger partial charge in [0.25, 0.3) is 0 Å². The van der Waals surface area contributed by atoms with Crippen molar-refractivity contribution in [3.63, 3.8) is 0 Å². The van der Waals surface area contributed by atoms with E-state index in [1.807, 2.05) is 0 Å². The molecular weight excluding hydrogens is 368 g/mol. The van der Waals surface area contributed by atoms with Gasteiger partial charge in [-0.25, -0.2) is 0 Å². The topological polar surface area (TPSA) is 18.5 Å². The van der Waals surface area contributed by atoms with Crippen molar-refractivity contribution in [2.24, 2.45) is 5.92 Å². The lowest BCUT2D eigenvalue weighted by Gasteiger charge is -2.15. The minimum absolute atomic E-state index is 0.525. The van der Waals surface area contributed by atoms with Crippen LogP contribution in [0.5, 0.6) is 0 Å². The highest BCUT2D eigenvalue weighted by molar-refractivity contribution is 4.81. The zero-order valence-electron chi connectivity index (χ0n) is 20.1. The summed E-state index contributed by atoms with van der Waals surface area (Å²) in [7, 11) is 0. The molecule has 0 bridgehead atoms. The van der Waals surface area contributed by atoms with Crippen molar-refractivity contribution in [1.29, 1.82) is 0 Å². The molecule has 0 N–H and O–H groups in total. The van der Waals surface area contributed by atoms with E-state index in [0.717, 1.165) is 25.6 Å². The summed E-state index contributed by atoms with van der Waals surface area (Å²) in [6, 6.07) is 0. The third-order valence-electron chi connectivity index (χ3n) is 7.24. The molecule has 0 aromatic carbocycles. The summed E-state index contributed by atoms with van der Waals surface area (Å²) in [6.07, 6.45) is 31.6. The molecule has 0 amide bonds. The first-order chi connectivity index (χ1) is 14.9. The van der Waals surface area contributed by atoms with Gasteiger partial charge in [-0.1, -0.05) is 90.4 Å². The van der Waals surface area contributed by atoms with Gasteiger partial charge in [-0.3, -0.25) is 0 Å². The lowest BCUT2D eigenvalue weighted by Crippen LogP contribution is -2.12. The Morgan fingerprint density at radius 2 is 1.23 bits per heavy atom. The van der Waals surface area contributed by atoms with Crippen LogP contribution in [0.1, 0.15) is 135 Å². The summed E-state index contributed by atoms with van der Waals surface area (Å²) in [4.78, 5) is 0. The van der Waals surface area contributed by atoms with Crippen LogP contribution < -0.4 is 0 Å². The third kappa shape index (κ3) is 13.4. The van der Waals surface area contributed by atoms with E-state index in [1.54, 1.807) is 0 Å². The van der Waals surface area contributed by atoms with Crippen LogP contribution in [-0.4, -0.2) is 25.4 Å². The molecule has 0 saturated heterocycles. The minimum Gasteiger partial charge on any atom is -0.378 e. The molecule has 176 valence electrons.